The molecule has 3 heteroatoms. The normalized spacial score (nSPS) is 12.4. The van der Waals surface area contributed by atoms with Gasteiger partial charge in [-0.3, -0.25) is 0 Å². The van der Waals surface area contributed by atoms with Crippen LogP contribution in [0.15, 0.2) is 30.9 Å². The summed E-state index contributed by atoms with van der Waals surface area (Å²) in [5.41, 5.74) is 5.91. The van der Waals surface area contributed by atoms with Crippen molar-refractivity contribution in [3.05, 3.63) is 48.1 Å². The van der Waals surface area contributed by atoms with E-state index < -0.39 is 11.6 Å². The van der Waals surface area contributed by atoms with Crippen LogP contribution in [0.2, 0.25) is 0 Å². The van der Waals surface area contributed by atoms with Gasteiger partial charge in [-0.05, 0) is 37.8 Å². The summed E-state index contributed by atoms with van der Waals surface area (Å²) in [6, 6.07) is 3.67. The number of benzene rings is 1. The van der Waals surface area contributed by atoms with Crippen molar-refractivity contribution in [3.63, 3.8) is 0 Å². The lowest BCUT2D eigenvalue weighted by molar-refractivity contribution is 0.517. The van der Waals surface area contributed by atoms with Crippen molar-refractivity contribution in [3.8, 4) is 0 Å². The van der Waals surface area contributed by atoms with E-state index in [1.165, 1.54) is 18.2 Å². The highest BCUT2D eigenvalue weighted by Gasteiger charge is 2.12. The number of hydrogen-bond acceptors (Lipinski definition) is 1. The van der Waals surface area contributed by atoms with Crippen LogP contribution in [0.1, 0.15) is 24.8 Å². The average molecular weight is 225 g/mol. The Hall–Kier alpha value is -1.22. The van der Waals surface area contributed by atoms with Crippen molar-refractivity contribution in [1.82, 2.24) is 0 Å². The lowest BCUT2D eigenvalue weighted by Crippen LogP contribution is -2.23. The molecule has 0 spiro atoms. The molecule has 0 heterocycles. The molecule has 0 saturated carbocycles. The van der Waals surface area contributed by atoms with E-state index in [1.807, 2.05) is 6.08 Å². The Morgan fingerprint density at radius 2 is 1.94 bits per heavy atom. The predicted molar refractivity (Wildman–Crippen MR) is 62.1 cm³/mol. The zero-order valence-corrected chi connectivity index (χ0v) is 9.26. The molecule has 0 saturated heterocycles. The van der Waals surface area contributed by atoms with E-state index in [2.05, 4.69) is 6.58 Å². The van der Waals surface area contributed by atoms with Crippen LogP contribution in [0.25, 0.3) is 0 Å². The summed E-state index contributed by atoms with van der Waals surface area (Å²) in [5, 5.41) is 0. The molecule has 1 aromatic rings. The third kappa shape index (κ3) is 3.74. The lowest BCUT2D eigenvalue weighted by Gasteiger charge is -2.12. The Kier molecular flexibility index (Phi) is 5.12. The van der Waals surface area contributed by atoms with Crippen molar-refractivity contribution in [2.45, 2.75) is 31.7 Å². The van der Waals surface area contributed by atoms with Gasteiger partial charge >= 0.3 is 0 Å². The number of halogens is 2. The summed E-state index contributed by atoms with van der Waals surface area (Å²) in [6.45, 7) is 3.61. The molecule has 0 radical (unpaired) electrons. The number of nitrogens with two attached hydrogens (primary N) is 1. The molecule has 0 amide bonds. The first kappa shape index (κ1) is 12.8. The maximum absolute atomic E-state index is 13.3. The van der Waals surface area contributed by atoms with E-state index in [0.717, 1.165) is 19.3 Å². The van der Waals surface area contributed by atoms with Crippen LogP contribution in [-0.2, 0) is 6.42 Å². The number of hydrogen-bond donors (Lipinski definition) is 1. The fourth-order valence-corrected chi connectivity index (χ4v) is 1.62. The van der Waals surface area contributed by atoms with Crippen molar-refractivity contribution >= 4 is 0 Å². The van der Waals surface area contributed by atoms with Crippen LogP contribution in [0.4, 0.5) is 8.78 Å². The molecule has 0 fully saturated rings. The SMILES string of the molecule is C=CCCCC(N)Cc1c(F)cccc1F. The van der Waals surface area contributed by atoms with E-state index in [9.17, 15) is 8.78 Å². The summed E-state index contributed by atoms with van der Waals surface area (Å²) < 4.78 is 26.6. The zero-order chi connectivity index (χ0) is 12.0. The molecule has 0 aromatic heterocycles. The second-order valence-electron chi connectivity index (χ2n) is 3.88. The first-order valence-electron chi connectivity index (χ1n) is 5.44. The van der Waals surface area contributed by atoms with Gasteiger partial charge in [-0.15, -0.1) is 6.58 Å². The molecule has 2 N–H and O–H groups in total. The monoisotopic (exact) mass is 225 g/mol. The fourth-order valence-electron chi connectivity index (χ4n) is 1.62. The molecule has 0 aliphatic heterocycles. The summed E-state index contributed by atoms with van der Waals surface area (Å²) in [6.07, 6.45) is 4.60. The Bertz CT molecular complexity index is 330. The van der Waals surface area contributed by atoms with E-state index in [1.54, 1.807) is 0 Å². The summed E-state index contributed by atoms with van der Waals surface area (Å²) in [7, 11) is 0. The summed E-state index contributed by atoms with van der Waals surface area (Å²) >= 11 is 0. The molecule has 1 nitrogen and oxygen atoms in total. The largest absolute Gasteiger partial charge is 0.327 e. The minimum absolute atomic E-state index is 0.0913. The Morgan fingerprint density at radius 3 is 2.50 bits per heavy atom. The first-order valence-corrected chi connectivity index (χ1v) is 5.44. The highest BCUT2D eigenvalue weighted by molar-refractivity contribution is 5.20. The molecule has 0 aliphatic carbocycles. The van der Waals surface area contributed by atoms with Gasteiger partial charge in [0.05, 0.1) is 0 Å². The highest BCUT2D eigenvalue weighted by Crippen LogP contribution is 2.15. The van der Waals surface area contributed by atoms with Gasteiger partial charge in [0.2, 0.25) is 0 Å². The lowest BCUT2D eigenvalue weighted by atomic mass is 10.0. The molecule has 0 aliphatic rings. The van der Waals surface area contributed by atoms with Gasteiger partial charge in [0.15, 0.2) is 0 Å². The summed E-state index contributed by atoms with van der Waals surface area (Å²) in [5.74, 6) is -1.03. The molecular weight excluding hydrogens is 208 g/mol. The molecule has 1 rings (SSSR count). The minimum Gasteiger partial charge on any atom is -0.327 e. The first-order chi connectivity index (χ1) is 7.65. The van der Waals surface area contributed by atoms with Crippen LogP contribution >= 0.6 is 0 Å². The van der Waals surface area contributed by atoms with Crippen molar-refractivity contribution in [2.24, 2.45) is 5.73 Å². The maximum atomic E-state index is 13.3. The van der Waals surface area contributed by atoms with Gasteiger partial charge in [0, 0.05) is 11.6 Å². The third-order valence-electron chi connectivity index (χ3n) is 2.51. The Balaban J connectivity index is 2.55. The van der Waals surface area contributed by atoms with Gasteiger partial charge in [-0.2, -0.15) is 0 Å². The molecular formula is C13H17F2N. The molecule has 16 heavy (non-hydrogen) atoms. The number of rotatable bonds is 6. The van der Waals surface area contributed by atoms with Crippen LogP contribution in [0.3, 0.4) is 0 Å². The molecule has 1 atom stereocenters. The van der Waals surface area contributed by atoms with Crippen LogP contribution in [-0.4, -0.2) is 6.04 Å². The highest BCUT2D eigenvalue weighted by atomic mass is 19.1. The van der Waals surface area contributed by atoms with E-state index in [-0.39, 0.29) is 18.0 Å². The van der Waals surface area contributed by atoms with Gasteiger partial charge in [-0.25, -0.2) is 8.78 Å². The van der Waals surface area contributed by atoms with E-state index in [4.69, 9.17) is 5.73 Å². The Labute approximate surface area is 95.0 Å². The zero-order valence-electron chi connectivity index (χ0n) is 9.26. The minimum atomic E-state index is -0.515. The van der Waals surface area contributed by atoms with E-state index in [0.29, 0.717) is 0 Å². The molecule has 0 bridgehead atoms. The van der Waals surface area contributed by atoms with Crippen LogP contribution in [0, 0.1) is 11.6 Å². The fraction of sp³-hybridized carbons (Fsp3) is 0.385. The predicted octanol–water partition coefficient (Wildman–Crippen LogP) is 3.19. The number of unbranched alkanes of at least 4 members (excludes halogenated alkanes) is 1. The third-order valence-corrected chi connectivity index (χ3v) is 2.51. The molecule has 1 unspecified atom stereocenters. The van der Waals surface area contributed by atoms with Crippen molar-refractivity contribution in [1.29, 1.82) is 0 Å². The molecule has 88 valence electrons. The van der Waals surface area contributed by atoms with Gasteiger partial charge < -0.3 is 5.73 Å². The average Bonchev–Trinajstić information content (AvgIpc) is 2.24. The standard InChI is InChI=1S/C13H17F2N/c1-2-3-4-6-10(16)9-11-12(14)7-5-8-13(11)15/h2,5,7-8,10H,1,3-4,6,9,16H2. The number of allylic oxidation sites excluding steroid dienone is 1. The quantitative estimate of drug-likeness (QED) is 0.584. The Morgan fingerprint density at radius 1 is 1.31 bits per heavy atom. The molecule has 1 aromatic carbocycles. The second kappa shape index (κ2) is 6.38. The van der Waals surface area contributed by atoms with Gasteiger partial charge in [0.25, 0.3) is 0 Å². The maximum Gasteiger partial charge on any atom is 0.129 e. The van der Waals surface area contributed by atoms with Crippen molar-refractivity contribution in [2.75, 3.05) is 0 Å². The van der Waals surface area contributed by atoms with Crippen LogP contribution in [0.5, 0.6) is 0 Å². The van der Waals surface area contributed by atoms with Gasteiger partial charge in [0.1, 0.15) is 11.6 Å². The summed E-state index contributed by atoms with van der Waals surface area (Å²) in [4.78, 5) is 0. The van der Waals surface area contributed by atoms with E-state index >= 15 is 0 Å². The smallest absolute Gasteiger partial charge is 0.129 e. The van der Waals surface area contributed by atoms with Crippen LogP contribution < -0.4 is 5.73 Å². The topological polar surface area (TPSA) is 26.0 Å². The van der Waals surface area contributed by atoms with Crippen molar-refractivity contribution < 1.29 is 8.78 Å². The second-order valence-corrected chi connectivity index (χ2v) is 3.88. The van der Waals surface area contributed by atoms with Gasteiger partial charge in [-0.1, -0.05) is 12.1 Å².